The number of hydrogen-bond donors (Lipinski definition) is 3. The first-order chi connectivity index (χ1) is 8.25. The van der Waals surface area contributed by atoms with Crippen molar-refractivity contribution in [3.8, 4) is 0 Å². The molecule has 0 unspecified atom stereocenters. The zero-order chi connectivity index (χ0) is 12.1. The Morgan fingerprint density at radius 1 is 1.41 bits per heavy atom. The predicted molar refractivity (Wildman–Crippen MR) is 63.3 cm³/mol. The Kier molecular flexibility index (Phi) is 3.34. The van der Waals surface area contributed by atoms with E-state index in [9.17, 15) is 4.79 Å². The molecule has 1 amide bonds. The maximum absolute atomic E-state index is 11.7. The van der Waals surface area contributed by atoms with Gasteiger partial charge in [0.25, 0.3) is 5.91 Å². The zero-order valence-electron chi connectivity index (χ0n) is 9.18. The highest BCUT2D eigenvalue weighted by Gasteiger charge is 2.06. The Bertz CT molecular complexity index is 494. The lowest BCUT2D eigenvalue weighted by Gasteiger charge is -2.03. The van der Waals surface area contributed by atoms with E-state index in [0.717, 1.165) is 5.82 Å². The highest BCUT2D eigenvalue weighted by molar-refractivity contribution is 5.92. The molecule has 0 aliphatic carbocycles. The minimum absolute atomic E-state index is 0.233. The summed E-state index contributed by atoms with van der Waals surface area (Å²) in [6, 6.07) is 3.18. The summed E-state index contributed by atoms with van der Waals surface area (Å²) in [6.45, 7) is 0.503. The normalized spacial score (nSPS) is 10.1. The van der Waals surface area contributed by atoms with Crippen molar-refractivity contribution in [1.82, 2.24) is 20.3 Å². The van der Waals surface area contributed by atoms with E-state index in [1.165, 1.54) is 6.20 Å². The van der Waals surface area contributed by atoms with Crippen LogP contribution in [0.4, 0.5) is 5.69 Å². The number of amides is 1. The molecular weight excluding hydrogens is 218 g/mol. The monoisotopic (exact) mass is 231 g/mol. The predicted octanol–water partition coefficient (Wildman–Crippen LogP) is 0.359. The van der Waals surface area contributed by atoms with Gasteiger partial charge in [0, 0.05) is 37.2 Å². The SMILES string of the molecule is Nc1ccnc(C(=O)NCCc2ncc[nH]2)c1. The minimum Gasteiger partial charge on any atom is -0.399 e. The van der Waals surface area contributed by atoms with Crippen LogP contribution in [0.5, 0.6) is 0 Å². The number of aromatic amines is 1. The van der Waals surface area contributed by atoms with E-state index in [4.69, 9.17) is 5.73 Å². The van der Waals surface area contributed by atoms with E-state index in [1.807, 2.05) is 0 Å². The molecule has 17 heavy (non-hydrogen) atoms. The number of carbonyl (C=O) groups excluding carboxylic acids is 1. The molecule has 2 aromatic rings. The molecule has 2 heterocycles. The molecular formula is C11H13N5O. The van der Waals surface area contributed by atoms with E-state index < -0.39 is 0 Å². The van der Waals surface area contributed by atoms with E-state index >= 15 is 0 Å². The summed E-state index contributed by atoms with van der Waals surface area (Å²) in [7, 11) is 0. The summed E-state index contributed by atoms with van der Waals surface area (Å²) in [4.78, 5) is 22.6. The number of anilines is 1. The van der Waals surface area contributed by atoms with Crippen molar-refractivity contribution >= 4 is 11.6 Å². The fourth-order valence-corrected chi connectivity index (χ4v) is 1.39. The number of nitrogens with two attached hydrogens (primary N) is 1. The number of rotatable bonds is 4. The fourth-order valence-electron chi connectivity index (χ4n) is 1.39. The number of carbonyl (C=O) groups is 1. The molecule has 2 rings (SSSR count). The molecule has 0 saturated heterocycles. The van der Waals surface area contributed by atoms with E-state index in [1.54, 1.807) is 24.5 Å². The highest BCUT2D eigenvalue weighted by atomic mass is 16.1. The third-order valence-electron chi connectivity index (χ3n) is 2.22. The standard InChI is InChI=1S/C11H13N5O/c12-8-1-3-13-9(7-8)11(17)16-4-2-10-14-5-6-15-10/h1,3,5-7H,2,4H2,(H2,12,13)(H,14,15)(H,16,17). The third kappa shape index (κ3) is 3.04. The summed E-state index contributed by atoms with van der Waals surface area (Å²) in [5.74, 6) is 0.606. The maximum atomic E-state index is 11.7. The molecule has 0 fully saturated rings. The molecule has 6 heteroatoms. The average molecular weight is 231 g/mol. The van der Waals surface area contributed by atoms with Crippen LogP contribution in [0, 0.1) is 0 Å². The van der Waals surface area contributed by atoms with E-state index in [-0.39, 0.29) is 5.91 Å². The van der Waals surface area contributed by atoms with Crippen LogP contribution in [0.25, 0.3) is 0 Å². The second-order valence-corrected chi connectivity index (χ2v) is 3.52. The van der Waals surface area contributed by atoms with Gasteiger partial charge >= 0.3 is 0 Å². The molecule has 0 radical (unpaired) electrons. The van der Waals surface area contributed by atoms with Crippen molar-refractivity contribution in [2.45, 2.75) is 6.42 Å². The average Bonchev–Trinajstić information content (AvgIpc) is 2.82. The highest BCUT2D eigenvalue weighted by Crippen LogP contribution is 2.02. The van der Waals surface area contributed by atoms with Gasteiger partial charge < -0.3 is 16.0 Å². The molecule has 0 atom stereocenters. The Morgan fingerprint density at radius 2 is 2.29 bits per heavy atom. The number of pyridine rings is 1. The number of nitrogens with one attached hydrogen (secondary N) is 2. The zero-order valence-corrected chi connectivity index (χ0v) is 9.18. The smallest absolute Gasteiger partial charge is 0.269 e. The van der Waals surface area contributed by atoms with Crippen LogP contribution in [0.1, 0.15) is 16.3 Å². The van der Waals surface area contributed by atoms with Crippen molar-refractivity contribution in [2.24, 2.45) is 0 Å². The first kappa shape index (κ1) is 11.1. The number of imidazole rings is 1. The van der Waals surface area contributed by atoms with Crippen LogP contribution < -0.4 is 11.1 Å². The van der Waals surface area contributed by atoms with Crippen molar-refractivity contribution in [1.29, 1.82) is 0 Å². The molecule has 0 spiro atoms. The molecule has 4 N–H and O–H groups in total. The number of hydrogen-bond acceptors (Lipinski definition) is 4. The number of aromatic nitrogens is 3. The molecule has 0 aliphatic heterocycles. The summed E-state index contributed by atoms with van der Waals surface area (Å²) >= 11 is 0. The molecule has 0 saturated carbocycles. The Balaban J connectivity index is 1.85. The summed E-state index contributed by atoms with van der Waals surface area (Å²) in [6.07, 6.45) is 5.59. The second kappa shape index (κ2) is 5.11. The topological polar surface area (TPSA) is 96.7 Å². The quantitative estimate of drug-likeness (QED) is 0.707. The third-order valence-corrected chi connectivity index (χ3v) is 2.22. The van der Waals surface area contributed by atoms with E-state index in [2.05, 4.69) is 20.3 Å². The molecule has 6 nitrogen and oxygen atoms in total. The van der Waals surface area contributed by atoms with Gasteiger partial charge in [0.1, 0.15) is 11.5 Å². The fraction of sp³-hybridized carbons (Fsp3) is 0.182. The van der Waals surface area contributed by atoms with Gasteiger partial charge in [0.15, 0.2) is 0 Å². The van der Waals surface area contributed by atoms with Crippen molar-refractivity contribution in [3.05, 3.63) is 42.2 Å². The summed E-state index contributed by atoms with van der Waals surface area (Å²) < 4.78 is 0. The van der Waals surface area contributed by atoms with Gasteiger partial charge in [0.2, 0.25) is 0 Å². The lowest BCUT2D eigenvalue weighted by Crippen LogP contribution is -2.26. The number of nitrogens with zero attached hydrogens (tertiary/aromatic N) is 2. The van der Waals surface area contributed by atoms with Gasteiger partial charge in [-0.1, -0.05) is 0 Å². The van der Waals surface area contributed by atoms with Gasteiger partial charge in [-0.05, 0) is 12.1 Å². The largest absolute Gasteiger partial charge is 0.399 e. The van der Waals surface area contributed by atoms with Gasteiger partial charge in [-0.25, -0.2) is 4.98 Å². The first-order valence-corrected chi connectivity index (χ1v) is 5.23. The van der Waals surface area contributed by atoms with Crippen LogP contribution in [-0.2, 0) is 6.42 Å². The van der Waals surface area contributed by atoms with Crippen molar-refractivity contribution in [2.75, 3.05) is 12.3 Å². The van der Waals surface area contributed by atoms with Crippen molar-refractivity contribution in [3.63, 3.8) is 0 Å². The van der Waals surface area contributed by atoms with Crippen molar-refractivity contribution < 1.29 is 4.79 Å². The number of H-pyrrole nitrogens is 1. The van der Waals surface area contributed by atoms with Gasteiger partial charge in [0.05, 0.1) is 0 Å². The molecule has 0 bridgehead atoms. The Morgan fingerprint density at radius 3 is 3.00 bits per heavy atom. The van der Waals surface area contributed by atoms with Crippen LogP contribution in [0.2, 0.25) is 0 Å². The Labute approximate surface area is 98.3 Å². The first-order valence-electron chi connectivity index (χ1n) is 5.23. The van der Waals surface area contributed by atoms with Crippen LogP contribution in [-0.4, -0.2) is 27.4 Å². The Hall–Kier alpha value is -2.37. The number of nitrogen functional groups attached to an aromatic ring is 1. The lowest BCUT2D eigenvalue weighted by molar-refractivity contribution is 0.0949. The van der Waals surface area contributed by atoms with Crippen LogP contribution >= 0.6 is 0 Å². The molecule has 0 aromatic carbocycles. The summed E-state index contributed by atoms with van der Waals surface area (Å²) in [5.41, 5.74) is 6.42. The van der Waals surface area contributed by atoms with Crippen LogP contribution in [0.15, 0.2) is 30.7 Å². The lowest BCUT2D eigenvalue weighted by atomic mass is 10.3. The molecule has 0 aliphatic rings. The van der Waals surface area contributed by atoms with Gasteiger partial charge in [-0.15, -0.1) is 0 Å². The van der Waals surface area contributed by atoms with Gasteiger partial charge in [-0.2, -0.15) is 0 Å². The van der Waals surface area contributed by atoms with Crippen LogP contribution in [0.3, 0.4) is 0 Å². The minimum atomic E-state index is -0.233. The summed E-state index contributed by atoms with van der Waals surface area (Å²) in [5, 5.41) is 2.75. The van der Waals surface area contributed by atoms with Gasteiger partial charge in [-0.3, -0.25) is 9.78 Å². The second-order valence-electron chi connectivity index (χ2n) is 3.52. The maximum Gasteiger partial charge on any atom is 0.269 e. The molecule has 88 valence electrons. The molecule has 2 aromatic heterocycles. The van der Waals surface area contributed by atoms with E-state index in [0.29, 0.717) is 24.3 Å².